The number of hydrogen-bond acceptors (Lipinski definition) is 14. The van der Waals surface area contributed by atoms with E-state index in [0.717, 1.165) is 34.0 Å². The zero-order chi connectivity index (χ0) is 49.1. The number of methoxy groups -OCH3 is 2. The molecule has 0 bridgehead atoms. The van der Waals surface area contributed by atoms with E-state index in [-0.39, 0.29) is 42.9 Å². The van der Waals surface area contributed by atoms with Gasteiger partial charge in [0, 0.05) is 43.7 Å². The molecule has 15 nitrogen and oxygen atoms in total. The van der Waals surface area contributed by atoms with Gasteiger partial charge in [-0.1, -0.05) is 117 Å². The van der Waals surface area contributed by atoms with Crippen LogP contribution >= 0.6 is 19.5 Å². The van der Waals surface area contributed by atoms with Gasteiger partial charge in [-0.3, -0.25) is 28.0 Å². The Morgan fingerprint density at radius 1 is 0.824 bits per heavy atom. The quantitative estimate of drug-likeness (QED) is 0.0290. The Morgan fingerprint density at radius 2 is 1.40 bits per heavy atom. The molecule has 1 heterocycles. The standard InChI is InChI=1S/C51H61N4O11PS/c1-9-49(4,5)47(58)68-31-30-63-67(60,52-33-37-16-12-10-13-17-37)64-34-38-32-44(50(6,66-36(3)57)46(38)65-35(2)56)55-29-28-45(53-48(55)59)54-51(39-18-14-11-15-19-39,40-20-24-42(61-7)25-21-40)41-22-26-43(62-8)27-23-41/h10-29,38,44,46H,9,30-34H2,1-8H3,(H,52,60)(H,53,54,59)/t38-,44-,46?,50-,67?/m1/s1. The lowest BCUT2D eigenvalue weighted by Gasteiger charge is -2.38. The van der Waals surface area contributed by atoms with Crippen LogP contribution < -0.4 is 25.6 Å². The van der Waals surface area contributed by atoms with Crippen LogP contribution in [-0.2, 0) is 49.6 Å². The maximum atomic E-state index is 14.5. The lowest BCUT2D eigenvalue weighted by atomic mass is 9.77. The van der Waals surface area contributed by atoms with Gasteiger partial charge in [0.05, 0.1) is 33.5 Å². The molecule has 6 rings (SSSR count). The third kappa shape index (κ3) is 12.1. The van der Waals surface area contributed by atoms with E-state index in [9.17, 15) is 23.7 Å². The van der Waals surface area contributed by atoms with Crippen LogP contribution in [0.1, 0.15) is 82.7 Å². The summed E-state index contributed by atoms with van der Waals surface area (Å²) in [6.07, 6.45) is 1.12. The zero-order valence-electron chi connectivity index (χ0n) is 39.8. The second-order valence-corrected chi connectivity index (χ2v) is 20.2. The predicted octanol–water partition coefficient (Wildman–Crippen LogP) is 9.11. The van der Waals surface area contributed by atoms with Gasteiger partial charge in [0.1, 0.15) is 29.0 Å². The highest BCUT2D eigenvalue weighted by atomic mass is 32.2. The Labute approximate surface area is 402 Å². The number of thioether (sulfide) groups is 1. The Bertz CT molecular complexity index is 2550. The molecular weight excluding hydrogens is 908 g/mol. The highest BCUT2D eigenvalue weighted by Crippen LogP contribution is 2.51. The summed E-state index contributed by atoms with van der Waals surface area (Å²) in [5.74, 6) is -0.353. The average molecular weight is 969 g/mol. The summed E-state index contributed by atoms with van der Waals surface area (Å²) in [4.78, 5) is 57.6. The lowest BCUT2D eigenvalue weighted by molar-refractivity contribution is -0.184. The van der Waals surface area contributed by atoms with Crippen molar-refractivity contribution in [2.24, 2.45) is 11.3 Å². The van der Waals surface area contributed by atoms with Crippen LogP contribution in [0.2, 0.25) is 0 Å². The number of ether oxygens (including phenoxy) is 4. The molecule has 1 saturated carbocycles. The van der Waals surface area contributed by atoms with Crippen molar-refractivity contribution in [1.82, 2.24) is 14.6 Å². The third-order valence-electron chi connectivity index (χ3n) is 12.4. The van der Waals surface area contributed by atoms with Crippen LogP contribution in [0.3, 0.4) is 0 Å². The third-order valence-corrected chi connectivity index (χ3v) is 15.1. The molecule has 2 unspecified atom stereocenters. The Morgan fingerprint density at radius 3 is 1.93 bits per heavy atom. The minimum atomic E-state index is -4.11. The van der Waals surface area contributed by atoms with E-state index in [2.05, 4.69) is 15.4 Å². The van der Waals surface area contributed by atoms with Gasteiger partial charge in [0.25, 0.3) is 0 Å². The first kappa shape index (κ1) is 51.6. The number of nitrogens with zero attached hydrogens (tertiary/aromatic N) is 2. The number of nitrogens with one attached hydrogen (secondary N) is 2. The van der Waals surface area contributed by atoms with E-state index in [0.29, 0.717) is 17.9 Å². The Kier molecular flexibility index (Phi) is 17.1. The van der Waals surface area contributed by atoms with Gasteiger partial charge in [0.15, 0.2) is 10.7 Å². The van der Waals surface area contributed by atoms with Gasteiger partial charge in [-0.15, -0.1) is 0 Å². The molecule has 2 N–H and O–H groups in total. The van der Waals surface area contributed by atoms with Crippen molar-refractivity contribution in [2.45, 2.75) is 84.2 Å². The van der Waals surface area contributed by atoms with E-state index >= 15 is 0 Å². The van der Waals surface area contributed by atoms with Crippen LogP contribution in [0.5, 0.6) is 11.5 Å². The van der Waals surface area contributed by atoms with Gasteiger partial charge in [-0.05, 0) is 72.4 Å². The summed E-state index contributed by atoms with van der Waals surface area (Å²) in [6.45, 7) is 9.48. The first-order valence-corrected chi connectivity index (χ1v) is 24.9. The topological polar surface area (TPSA) is 183 Å². The molecule has 68 heavy (non-hydrogen) atoms. The van der Waals surface area contributed by atoms with E-state index in [1.54, 1.807) is 33.4 Å². The number of hydrogen-bond donors (Lipinski definition) is 2. The summed E-state index contributed by atoms with van der Waals surface area (Å²) in [6, 6.07) is 35.0. The van der Waals surface area contributed by atoms with Crippen LogP contribution in [0.15, 0.2) is 126 Å². The molecule has 0 spiro atoms. The summed E-state index contributed by atoms with van der Waals surface area (Å²) in [5, 5.41) is 6.54. The van der Waals surface area contributed by atoms with Gasteiger partial charge < -0.3 is 24.3 Å². The minimum absolute atomic E-state index is 0.0129. The van der Waals surface area contributed by atoms with Crippen LogP contribution in [0, 0.1) is 11.3 Å². The molecule has 5 aromatic rings. The lowest BCUT2D eigenvalue weighted by Crippen LogP contribution is -2.50. The van der Waals surface area contributed by atoms with Crippen LogP contribution in [0.4, 0.5) is 5.82 Å². The molecule has 1 fully saturated rings. The molecule has 17 heteroatoms. The largest absolute Gasteiger partial charge is 0.497 e. The maximum absolute atomic E-state index is 14.5. The SMILES string of the molecule is CCC(C)(C)C(=O)SCCOP(=O)(NCc1ccccc1)OC[C@H]1C[C@@H](n2ccc(NC(c3ccccc3)(c3ccc(OC)cc3)c3ccc(OC)cc3)nc2=O)[C@@](C)(OC(C)=O)C1OC(C)=O. The zero-order valence-corrected chi connectivity index (χ0v) is 41.5. The number of aromatic nitrogens is 2. The molecule has 362 valence electrons. The van der Waals surface area contributed by atoms with Gasteiger partial charge >= 0.3 is 25.4 Å². The number of carbonyl (C=O) groups is 3. The first-order chi connectivity index (χ1) is 32.5. The van der Waals surface area contributed by atoms with Gasteiger partial charge in [-0.2, -0.15) is 4.98 Å². The van der Waals surface area contributed by atoms with E-state index in [1.165, 1.54) is 18.4 Å². The molecule has 0 aliphatic heterocycles. The molecule has 1 aliphatic carbocycles. The minimum Gasteiger partial charge on any atom is -0.497 e. The van der Waals surface area contributed by atoms with Crippen molar-refractivity contribution >= 4 is 42.4 Å². The Balaban J connectivity index is 1.34. The van der Waals surface area contributed by atoms with Crippen molar-refractivity contribution in [3.63, 3.8) is 0 Å². The smallest absolute Gasteiger partial charge is 0.405 e. The van der Waals surface area contributed by atoms with E-state index in [4.69, 9.17) is 28.0 Å². The second kappa shape index (κ2) is 22.6. The Hall–Kier alpha value is -5.77. The summed E-state index contributed by atoms with van der Waals surface area (Å²) in [5.41, 5.74) is -0.657. The van der Waals surface area contributed by atoms with Crippen molar-refractivity contribution in [2.75, 3.05) is 38.5 Å². The molecule has 1 aromatic heterocycles. The predicted molar refractivity (Wildman–Crippen MR) is 262 cm³/mol. The summed E-state index contributed by atoms with van der Waals surface area (Å²) in [7, 11) is -0.921. The highest BCUT2D eigenvalue weighted by Gasteiger charge is 2.58. The van der Waals surface area contributed by atoms with Crippen molar-refractivity contribution in [3.05, 3.63) is 154 Å². The molecular formula is C51H61N4O11PS. The van der Waals surface area contributed by atoms with Crippen molar-refractivity contribution in [3.8, 4) is 11.5 Å². The molecule has 1 aliphatic rings. The second-order valence-electron chi connectivity index (χ2n) is 17.3. The van der Waals surface area contributed by atoms with Gasteiger partial charge in [-0.25, -0.2) is 14.4 Å². The van der Waals surface area contributed by atoms with Crippen molar-refractivity contribution < 1.29 is 46.9 Å². The van der Waals surface area contributed by atoms with Gasteiger partial charge in [0.2, 0.25) is 0 Å². The summed E-state index contributed by atoms with van der Waals surface area (Å²) < 4.78 is 50.9. The fourth-order valence-electron chi connectivity index (χ4n) is 8.41. The fourth-order valence-corrected chi connectivity index (χ4v) is 10.8. The fraction of sp³-hybridized carbons (Fsp3) is 0.392. The molecule has 0 amide bonds. The van der Waals surface area contributed by atoms with Crippen LogP contribution in [0.25, 0.3) is 0 Å². The van der Waals surface area contributed by atoms with E-state index < -0.39 is 60.0 Å². The molecule has 5 atom stereocenters. The first-order valence-electron chi connectivity index (χ1n) is 22.4. The highest BCUT2D eigenvalue weighted by molar-refractivity contribution is 8.13. The summed E-state index contributed by atoms with van der Waals surface area (Å²) >= 11 is 1.09. The number of carbonyl (C=O) groups excluding carboxylic acids is 3. The van der Waals surface area contributed by atoms with Crippen LogP contribution in [-0.4, -0.2) is 71.5 Å². The van der Waals surface area contributed by atoms with Crippen molar-refractivity contribution in [1.29, 1.82) is 0 Å². The number of anilines is 1. The monoisotopic (exact) mass is 968 g/mol. The molecule has 0 saturated heterocycles. The maximum Gasteiger partial charge on any atom is 0.405 e. The number of rotatable bonds is 22. The normalized spacial score (nSPS) is 19.1. The molecule has 4 aromatic carbocycles. The molecule has 0 radical (unpaired) electrons. The van der Waals surface area contributed by atoms with E-state index in [1.807, 2.05) is 130 Å². The average Bonchev–Trinajstić information content (AvgIpc) is 3.59. The number of benzene rings is 4. The number of esters is 2.